The topological polar surface area (TPSA) is 24.8 Å². The Bertz CT molecular complexity index is 476. The molecule has 0 spiro atoms. The van der Waals surface area contributed by atoms with Gasteiger partial charge in [-0.1, -0.05) is 13.0 Å². The van der Waals surface area contributed by atoms with E-state index in [0.717, 1.165) is 11.4 Å². The predicted octanol–water partition coefficient (Wildman–Crippen LogP) is 3.50. The SMILES string of the molecule is C/C=N\N(C)c1cc(C2(C)CC2)cc(C)c1OC. The third-order valence-electron chi connectivity index (χ3n) is 3.79. The van der Waals surface area contributed by atoms with Crippen LogP contribution in [-0.4, -0.2) is 20.4 Å². The average Bonchev–Trinajstić information content (AvgIpc) is 3.08. The van der Waals surface area contributed by atoms with E-state index < -0.39 is 0 Å². The van der Waals surface area contributed by atoms with Crippen LogP contribution in [0.4, 0.5) is 5.69 Å². The summed E-state index contributed by atoms with van der Waals surface area (Å²) in [5, 5.41) is 6.19. The Balaban J connectivity index is 2.50. The summed E-state index contributed by atoms with van der Waals surface area (Å²) in [7, 11) is 3.67. The van der Waals surface area contributed by atoms with Gasteiger partial charge in [-0.05, 0) is 49.3 Å². The van der Waals surface area contributed by atoms with Crippen LogP contribution in [0, 0.1) is 6.92 Å². The van der Waals surface area contributed by atoms with Crippen LogP contribution in [0.1, 0.15) is 37.8 Å². The van der Waals surface area contributed by atoms with Crippen molar-refractivity contribution in [2.24, 2.45) is 5.10 Å². The lowest BCUT2D eigenvalue weighted by Gasteiger charge is -2.21. The van der Waals surface area contributed by atoms with Crippen LogP contribution >= 0.6 is 0 Å². The van der Waals surface area contributed by atoms with Gasteiger partial charge in [0.05, 0.1) is 7.11 Å². The molecule has 1 aliphatic carbocycles. The van der Waals surface area contributed by atoms with E-state index in [-0.39, 0.29) is 0 Å². The number of anilines is 1. The van der Waals surface area contributed by atoms with E-state index >= 15 is 0 Å². The lowest BCUT2D eigenvalue weighted by molar-refractivity contribution is 0.411. The number of aryl methyl sites for hydroxylation is 1. The second-order valence-corrected chi connectivity index (χ2v) is 5.30. The molecule has 0 heterocycles. The molecule has 1 aromatic rings. The molecular weight excluding hydrogens is 224 g/mol. The number of benzene rings is 1. The fraction of sp³-hybridized carbons (Fsp3) is 0.533. The molecule has 0 radical (unpaired) electrons. The molecule has 1 aromatic carbocycles. The standard InChI is InChI=1S/C15H22N2O/c1-6-16-17(4)13-10-12(15(3)7-8-15)9-11(2)14(13)18-5/h6,9-10H,7-8H2,1-5H3/b16-6-. The molecule has 1 saturated carbocycles. The minimum Gasteiger partial charge on any atom is -0.494 e. The Labute approximate surface area is 109 Å². The maximum Gasteiger partial charge on any atom is 0.146 e. The normalized spacial score (nSPS) is 16.9. The van der Waals surface area contributed by atoms with Gasteiger partial charge in [0, 0.05) is 13.3 Å². The number of hydrogen-bond donors (Lipinski definition) is 0. The van der Waals surface area contributed by atoms with Crippen LogP contribution in [0.5, 0.6) is 5.75 Å². The maximum absolute atomic E-state index is 5.52. The molecule has 0 N–H and O–H groups in total. The summed E-state index contributed by atoms with van der Waals surface area (Å²) in [4.78, 5) is 0. The van der Waals surface area contributed by atoms with E-state index in [1.165, 1.54) is 24.0 Å². The summed E-state index contributed by atoms with van der Waals surface area (Å²) in [5.41, 5.74) is 3.98. The Morgan fingerprint density at radius 1 is 1.39 bits per heavy atom. The van der Waals surface area contributed by atoms with Crippen molar-refractivity contribution in [3.63, 3.8) is 0 Å². The van der Waals surface area contributed by atoms with Crippen molar-refractivity contribution in [1.29, 1.82) is 0 Å². The number of rotatable bonds is 4. The Morgan fingerprint density at radius 3 is 2.56 bits per heavy atom. The van der Waals surface area contributed by atoms with Gasteiger partial charge in [-0.2, -0.15) is 5.10 Å². The highest BCUT2D eigenvalue weighted by atomic mass is 16.5. The van der Waals surface area contributed by atoms with Gasteiger partial charge in [0.25, 0.3) is 0 Å². The highest BCUT2D eigenvalue weighted by molar-refractivity contribution is 5.66. The Morgan fingerprint density at radius 2 is 2.06 bits per heavy atom. The molecule has 0 aliphatic heterocycles. The smallest absolute Gasteiger partial charge is 0.146 e. The van der Waals surface area contributed by atoms with Crippen molar-refractivity contribution in [2.45, 2.75) is 39.0 Å². The first kappa shape index (κ1) is 12.9. The van der Waals surface area contributed by atoms with Gasteiger partial charge in [-0.3, -0.25) is 5.01 Å². The first-order valence-corrected chi connectivity index (χ1v) is 6.43. The lowest BCUT2D eigenvalue weighted by Crippen LogP contribution is -2.12. The number of hydrogen-bond acceptors (Lipinski definition) is 3. The van der Waals surface area contributed by atoms with Crippen LogP contribution in [0.3, 0.4) is 0 Å². The molecule has 0 saturated heterocycles. The first-order chi connectivity index (χ1) is 8.51. The Hall–Kier alpha value is -1.51. The second kappa shape index (κ2) is 4.63. The van der Waals surface area contributed by atoms with E-state index in [1.807, 2.05) is 19.0 Å². The maximum atomic E-state index is 5.52. The molecular formula is C15H22N2O. The van der Waals surface area contributed by atoms with Crippen molar-refractivity contribution in [3.05, 3.63) is 23.3 Å². The summed E-state index contributed by atoms with van der Waals surface area (Å²) >= 11 is 0. The molecule has 1 aliphatic rings. The van der Waals surface area contributed by atoms with Crippen LogP contribution < -0.4 is 9.75 Å². The van der Waals surface area contributed by atoms with Gasteiger partial charge in [-0.15, -0.1) is 0 Å². The number of ether oxygens (including phenoxy) is 1. The Kier molecular flexibility index (Phi) is 3.33. The third-order valence-corrected chi connectivity index (χ3v) is 3.79. The molecule has 18 heavy (non-hydrogen) atoms. The highest BCUT2D eigenvalue weighted by Crippen LogP contribution is 2.50. The lowest BCUT2D eigenvalue weighted by atomic mass is 9.95. The molecule has 3 nitrogen and oxygen atoms in total. The minimum atomic E-state index is 0.364. The summed E-state index contributed by atoms with van der Waals surface area (Å²) in [6, 6.07) is 4.46. The monoisotopic (exact) mass is 246 g/mol. The molecule has 0 amide bonds. The zero-order valence-electron chi connectivity index (χ0n) is 11.9. The predicted molar refractivity (Wildman–Crippen MR) is 76.9 cm³/mol. The van der Waals surface area contributed by atoms with E-state index in [0.29, 0.717) is 5.41 Å². The summed E-state index contributed by atoms with van der Waals surface area (Å²) in [5.74, 6) is 0.913. The van der Waals surface area contributed by atoms with Crippen LogP contribution in [-0.2, 0) is 5.41 Å². The van der Waals surface area contributed by atoms with Crippen LogP contribution in [0.25, 0.3) is 0 Å². The van der Waals surface area contributed by atoms with Gasteiger partial charge in [0.15, 0.2) is 0 Å². The second-order valence-electron chi connectivity index (χ2n) is 5.30. The molecule has 0 bridgehead atoms. The molecule has 1 fully saturated rings. The summed E-state index contributed by atoms with van der Waals surface area (Å²) < 4.78 is 5.52. The zero-order valence-corrected chi connectivity index (χ0v) is 11.9. The van der Waals surface area contributed by atoms with Gasteiger partial charge < -0.3 is 4.74 Å². The first-order valence-electron chi connectivity index (χ1n) is 6.43. The average molecular weight is 246 g/mol. The van der Waals surface area contributed by atoms with Crippen molar-refractivity contribution < 1.29 is 4.74 Å². The summed E-state index contributed by atoms with van der Waals surface area (Å²) in [6.07, 6.45) is 4.35. The largest absolute Gasteiger partial charge is 0.494 e. The highest BCUT2D eigenvalue weighted by Gasteiger charge is 2.39. The third kappa shape index (κ3) is 2.22. The van der Waals surface area contributed by atoms with E-state index in [2.05, 4.69) is 31.1 Å². The van der Waals surface area contributed by atoms with Gasteiger partial charge in [-0.25, -0.2) is 0 Å². The van der Waals surface area contributed by atoms with Gasteiger partial charge in [0.2, 0.25) is 0 Å². The van der Waals surface area contributed by atoms with Crippen molar-refractivity contribution >= 4 is 11.9 Å². The van der Waals surface area contributed by atoms with E-state index in [1.54, 1.807) is 13.3 Å². The summed E-state index contributed by atoms with van der Waals surface area (Å²) in [6.45, 7) is 6.34. The molecule has 0 aromatic heterocycles. The number of hydrazone groups is 1. The minimum absolute atomic E-state index is 0.364. The van der Waals surface area contributed by atoms with Crippen molar-refractivity contribution in [2.75, 3.05) is 19.2 Å². The molecule has 2 rings (SSSR count). The zero-order chi connectivity index (χ0) is 13.3. The number of methoxy groups -OCH3 is 1. The van der Waals surface area contributed by atoms with Crippen molar-refractivity contribution in [3.8, 4) is 5.75 Å². The van der Waals surface area contributed by atoms with E-state index in [4.69, 9.17) is 4.74 Å². The van der Waals surface area contributed by atoms with Crippen LogP contribution in [0.15, 0.2) is 17.2 Å². The quantitative estimate of drug-likeness (QED) is 0.600. The fourth-order valence-corrected chi connectivity index (χ4v) is 2.32. The van der Waals surface area contributed by atoms with Gasteiger partial charge >= 0.3 is 0 Å². The van der Waals surface area contributed by atoms with E-state index in [9.17, 15) is 0 Å². The van der Waals surface area contributed by atoms with Gasteiger partial charge in [0.1, 0.15) is 11.4 Å². The van der Waals surface area contributed by atoms with Crippen molar-refractivity contribution in [1.82, 2.24) is 0 Å². The van der Waals surface area contributed by atoms with Crippen LogP contribution in [0.2, 0.25) is 0 Å². The molecule has 0 atom stereocenters. The molecule has 98 valence electrons. The number of nitrogens with zero attached hydrogens (tertiary/aromatic N) is 2. The molecule has 3 heteroatoms. The molecule has 0 unspecified atom stereocenters. The fourth-order valence-electron chi connectivity index (χ4n) is 2.32.